The predicted molar refractivity (Wildman–Crippen MR) is 62.4 cm³/mol. The van der Waals surface area contributed by atoms with Gasteiger partial charge in [0.1, 0.15) is 0 Å². The van der Waals surface area contributed by atoms with Crippen molar-refractivity contribution >= 4 is 5.97 Å². The molecule has 0 radical (unpaired) electrons. The van der Waals surface area contributed by atoms with E-state index in [0.717, 1.165) is 0 Å². The molecule has 1 atom stereocenters. The maximum atomic E-state index is 13.3. The van der Waals surface area contributed by atoms with Crippen LogP contribution in [0.15, 0.2) is 0 Å². The number of carboxylic acids is 1. The molecule has 0 aliphatic carbocycles. The van der Waals surface area contributed by atoms with E-state index >= 15 is 0 Å². The SMILES string of the molecule is CCC(F)C(F)(F)C(F)(F)C(F)(F)C(F)(F)C(F)(F)C(F)(F)C(F)(F)C(F)(F)C(=O)O. The van der Waals surface area contributed by atoms with Crippen molar-refractivity contribution in [3.8, 4) is 0 Å². The molecular formula is C12H7F17O2. The quantitative estimate of drug-likeness (QED) is 0.375. The van der Waals surface area contributed by atoms with E-state index in [1.165, 1.54) is 0 Å². The Balaban J connectivity index is 6.87. The highest BCUT2D eigenvalue weighted by Gasteiger charge is 2.95. The average molecular weight is 506 g/mol. The van der Waals surface area contributed by atoms with Gasteiger partial charge in [-0.2, -0.15) is 70.2 Å². The highest BCUT2D eigenvalue weighted by atomic mass is 19.4. The maximum absolute atomic E-state index is 13.3. The third-order valence-electron chi connectivity index (χ3n) is 3.81. The largest absolute Gasteiger partial charge is 0.477 e. The molecule has 0 amide bonds. The van der Waals surface area contributed by atoms with Crippen LogP contribution in [0.25, 0.3) is 0 Å². The summed E-state index contributed by atoms with van der Waals surface area (Å²) in [5.74, 6) is -69.4. The molecule has 0 aliphatic heterocycles. The Morgan fingerprint density at radius 2 is 0.871 bits per heavy atom. The zero-order valence-corrected chi connectivity index (χ0v) is 14.1. The van der Waals surface area contributed by atoms with E-state index in [0.29, 0.717) is 0 Å². The predicted octanol–water partition coefficient (Wildman–Crippen LogP) is 5.90. The molecule has 0 aliphatic rings. The lowest BCUT2D eigenvalue weighted by atomic mass is 9.86. The third-order valence-corrected chi connectivity index (χ3v) is 3.81. The topological polar surface area (TPSA) is 37.3 Å². The van der Waals surface area contributed by atoms with Gasteiger partial charge in [0.25, 0.3) is 0 Å². The molecule has 0 spiro atoms. The molecule has 186 valence electrons. The van der Waals surface area contributed by atoms with Gasteiger partial charge in [0.15, 0.2) is 6.17 Å². The third kappa shape index (κ3) is 3.45. The van der Waals surface area contributed by atoms with Crippen LogP contribution in [0, 0.1) is 0 Å². The van der Waals surface area contributed by atoms with Gasteiger partial charge >= 0.3 is 53.3 Å². The van der Waals surface area contributed by atoms with Crippen molar-refractivity contribution < 1.29 is 84.5 Å². The monoisotopic (exact) mass is 506 g/mol. The smallest absolute Gasteiger partial charge is 0.410 e. The molecule has 19 heteroatoms. The number of rotatable bonds is 10. The molecule has 0 aromatic carbocycles. The summed E-state index contributed by atoms with van der Waals surface area (Å²) in [5, 5.41) is 7.69. The minimum atomic E-state index is -8.73. The molecule has 0 saturated carbocycles. The fourth-order valence-corrected chi connectivity index (χ4v) is 1.78. The standard InChI is InChI=1S/C12H7F17O2/c1-2-3(13)5(14,15)7(18,19)9(22,23)11(26,27)12(28,29)10(24,25)8(20,21)6(16,17)4(30)31/h3H,2H2,1H3,(H,30,31). The Bertz CT molecular complexity index is 683. The number of aliphatic carboxylic acids is 1. The molecule has 0 heterocycles. The Hall–Kier alpha value is -1.72. The van der Waals surface area contributed by atoms with Crippen molar-refractivity contribution in [2.45, 2.75) is 66.9 Å². The van der Waals surface area contributed by atoms with Gasteiger partial charge in [0.05, 0.1) is 0 Å². The summed E-state index contributed by atoms with van der Waals surface area (Å²) >= 11 is 0. The van der Waals surface area contributed by atoms with Crippen LogP contribution in [0.1, 0.15) is 13.3 Å². The van der Waals surface area contributed by atoms with Gasteiger partial charge in [-0.25, -0.2) is 9.18 Å². The number of alkyl halides is 17. The first-order valence-corrected chi connectivity index (χ1v) is 7.07. The molecule has 0 rings (SSSR count). The van der Waals surface area contributed by atoms with Crippen LogP contribution < -0.4 is 0 Å². The highest BCUT2D eigenvalue weighted by molar-refractivity contribution is 5.77. The van der Waals surface area contributed by atoms with Crippen LogP contribution in [0.4, 0.5) is 74.6 Å². The lowest BCUT2D eigenvalue weighted by Crippen LogP contribution is -2.75. The molecule has 0 aromatic heterocycles. The second kappa shape index (κ2) is 7.41. The molecule has 0 fully saturated rings. The first kappa shape index (κ1) is 29.3. The van der Waals surface area contributed by atoms with Crippen molar-refractivity contribution in [3.63, 3.8) is 0 Å². The number of hydrogen-bond donors (Lipinski definition) is 1. The van der Waals surface area contributed by atoms with Crippen LogP contribution in [0.5, 0.6) is 0 Å². The van der Waals surface area contributed by atoms with Crippen molar-refractivity contribution in [2.75, 3.05) is 0 Å². The summed E-state index contributed by atoms with van der Waals surface area (Å²) in [6.07, 6.45) is -6.35. The maximum Gasteiger partial charge on any atom is 0.410 e. The van der Waals surface area contributed by atoms with Gasteiger partial charge in [0, 0.05) is 0 Å². The molecule has 0 bridgehead atoms. The first-order valence-electron chi connectivity index (χ1n) is 7.07. The van der Waals surface area contributed by atoms with Gasteiger partial charge in [-0.1, -0.05) is 6.92 Å². The summed E-state index contributed by atoms with van der Waals surface area (Å²) in [6.45, 7) is 0.224. The number of carbonyl (C=O) groups is 1. The van der Waals surface area contributed by atoms with E-state index in [9.17, 15) is 79.4 Å². The van der Waals surface area contributed by atoms with Crippen LogP contribution >= 0.6 is 0 Å². The Kier molecular flexibility index (Phi) is 7.00. The summed E-state index contributed by atoms with van der Waals surface area (Å²) in [6, 6.07) is 0. The number of carboxylic acid groups (broad SMARTS) is 1. The molecule has 0 aromatic rings. The Morgan fingerprint density at radius 3 is 1.13 bits per heavy atom. The molecular weight excluding hydrogens is 499 g/mol. The number of halogens is 17. The second-order valence-corrected chi connectivity index (χ2v) is 5.82. The second-order valence-electron chi connectivity index (χ2n) is 5.82. The van der Waals surface area contributed by atoms with Gasteiger partial charge in [-0.05, 0) is 6.42 Å². The Morgan fingerprint density at radius 1 is 0.613 bits per heavy atom. The zero-order chi connectivity index (χ0) is 25.9. The summed E-state index contributed by atoms with van der Waals surface area (Å²) in [5.41, 5.74) is 0. The fourth-order valence-electron chi connectivity index (χ4n) is 1.78. The van der Waals surface area contributed by atoms with Gasteiger partial charge in [-0.15, -0.1) is 0 Å². The highest BCUT2D eigenvalue weighted by Crippen LogP contribution is 2.64. The summed E-state index contributed by atoms with van der Waals surface area (Å²) in [4.78, 5) is 9.88. The Labute approximate surface area is 159 Å². The van der Waals surface area contributed by atoms with Crippen molar-refractivity contribution in [3.05, 3.63) is 0 Å². The van der Waals surface area contributed by atoms with Crippen LogP contribution in [-0.2, 0) is 4.79 Å². The molecule has 31 heavy (non-hydrogen) atoms. The molecule has 1 N–H and O–H groups in total. The average Bonchev–Trinajstić information content (AvgIpc) is 2.59. The lowest BCUT2D eigenvalue weighted by molar-refractivity contribution is -0.453. The van der Waals surface area contributed by atoms with E-state index in [-0.39, 0.29) is 6.92 Å². The minimum Gasteiger partial charge on any atom is -0.477 e. The van der Waals surface area contributed by atoms with E-state index in [1.54, 1.807) is 0 Å². The van der Waals surface area contributed by atoms with Gasteiger partial charge in [0.2, 0.25) is 0 Å². The normalized spacial score (nSPS) is 17.0. The van der Waals surface area contributed by atoms with Crippen molar-refractivity contribution in [1.29, 1.82) is 0 Å². The minimum absolute atomic E-state index is 0.224. The van der Waals surface area contributed by atoms with E-state index < -0.39 is 65.9 Å². The first-order chi connectivity index (χ1) is 13.2. The van der Waals surface area contributed by atoms with Crippen molar-refractivity contribution in [1.82, 2.24) is 0 Å². The summed E-state index contributed by atoms with van der Waals surface area (Å²) in [7, 11) is 0. The van der Waals surface area contributed by atoms with E-state index in [1.807, 2.05) is 0 Å². The molecule has 0 saturated heterocycles. The van der Waals surface area contributed by atoms with E-state index in [2.05, 4.69) is 0 Å². The van der Waals surface area contributed by atoms with Gasteiger partial charge < -0.3 is 5.11 Å². The zero-order valence-electron chi connectivity index (χ0n) is 14.1. The number of hydrogen-bond acceptors (Lipinski definition) is 1. The van der Waals surface area contributed by atoms with Gasteiger partial charge in [-0.3, -0.25) is 0 Å². The molecule has 2 nitrogen and oxygen atoms in total. The van der Waals surface area contributed by atoms with E-state index in [4.69, 9.17) is 5.11 Å². The van der Waals surface area contributed by atoms with Crippen molar-refractivity contribution in [2.24, 2.45) is 0 Å². The molecule has 1 unspecified atom stereocenters. The fraction of sp³-hybridized carbons (Fsp3) is 0.917. The lowest BCUT2D eigenvalue weighted by Gasteiger charge is -2.43. The van der Waals surface area contributed by atoms with Crippen LogP contribution in [0.2, 0.25) is 0 Å². The van der Waals surface area contributed by atoms with Crippen LogP contribution in [0.3, 0.4) is 0 Å². The summed E-state index contributed by atoms with van der Waals surface area (Å²) < 4.78 is 223. The van der Waals surface area contributed by atoms with Crippen LogP contribution in [-0.4, -0.2) is 64.6 Å².